The van der Waals surface area contributed by atoms with Crippen molar-refractivity contribution in [2.24, 2.45) is 11.8 Å². The minimum atomic E-state index is 0.792. The van der Waals surface area contributed by atoms with Gasteiger partial charge in [-0.3, -0.25) is 0 Å². The van der Waals surface area contributed by atoms with Crippen molar-refractivity contribution in [1.82, 2.24) is 10.3 Å². The first-order valence-electron chi connectivity index (χ1n) is 7.20. The summed E-state index contributed by atoms with van der Waals surface area (Å²) in [6, 6.07) is 12.7. The fourth-order valence-corrected chi connectivity index (χ4v) is 3.52. The summed E-state index contributed by atoms with van der Waals surface area (Å²) in [5, 5.41) is 4.77. The smallest absolute Gasteiger partial charge is 0.129 e. The van der Waals surface area contributed by atoms with Crippen LogP contribution in [0.4, 0.5) is 5.82 Å². The molecule has 2 atom stereocenters. The summed E-state index contributed by atoms with van der Waals surface area (Å²) in [4.78, 5) is 7.31. The van der Waals surface area contributed by atoms with E-state index in [9.17, 15) is 0 Å². The summed E-state index contributed by atoms with van der Waals surface area (Å²) >= 11 is 0. The molecule has 2 aliphatic heterocycles. The maximum atomic E-state index is 4.83. The number of fused-ring (bicyclic) bond motifs is 3. The summed E-state index contributed by atoms with van der Waals surface area (Å²) < 4.78 is 0. The number of aromatic nitrogens is 1. The van der Waals surface area contributed by atoms with E-state index in [0.717, 1.165) is 36.3 Å². The lowest BCUT2D eigenvalue weighted by molar-refractivity contribution is 0.249. The SMILES string of the molecule is c1ccc2nc(N3CC4CNCC(C4)C3)ccc2c1. The molecule has 0 saturated carbocycles. The lowest BCUT2D eigenvalue weighted by Crippen LogP contribution is -2.51. The highest BCUT2D eigenvalue weighted by molar-refractivity contribution is 5.80. The van der Waals surface area contributed by atoms with Crippen molar-refractivity contribution < 1.29 is 0 Å². The van der Waals surface area contributed by atoms with Gasteiger partial charge in [-0.15, -0.1) is 0 Å². The molecule has 0 aliphatic carbocycles. The first-order chi connectivity index (χ1) is 9.38. The number of para-hydroxylation sites is 1. The van der Waals surface area contributed by atoms with Gasteiger partial charge in [0.2, 0.25) is 0 Å². The van der Waals surface area contributed by atoms with E-state index in [1.807, 2.05) is 0 Å². The van der Waals surface area contributed by atoms with Crippen molar-refractivity contribution in [3.8, 4) is 0 Å². The Bertz CT molecular complexity index is 583. The number of piperidine rings is 2. The van der Waals surface area contributed by atoms with Crippen LogP contribution in [-0.4, -0.2) is 31.2 Å². The van der Waals surface area contributed by atoms with Gasteiger partial charge >= 0.3 is 0 Å². The highest BCUT2D eigenvalue weighted by Crippen LogP contribution is 2.28. The normalized spacial score (nSPS) is 26.6. The molecule has 3 nitrogen and oxygen atoms in total. The Kier molecular flexibility index (Phi) is 2.66. The van der Waals surface area contributed by atoms with Gasteiger partial charge in [0, 0.05) is 18.5 Å². The molecule has 1 N–H and O–H groups in total. The zero-order valence-corrected chi connectivity index (χ0v) is 11.0. The van der Waals surface area contributed by atoms with E-state index in [-0.39, 0.29) is 0 Å². The van der Waals surface area contributed by atoms with E-state index in [4.69, 9.17) is 4.98 Å². The van der Waals surface area contributed by atoms with E-state index in [2.05, 4.69) is 46.6 Å². The number of nitrogens with one attached hydrogen (secondary N) is 1. The monoisotopic (exact) mass is 253 g/mol. The van der Waals surface area contributed by atoms with E-state index < -0.39 is 0 Å². The summed E-state index contributed by atoms with van der Waals surface area (Å²) in [6.45, 7) is 4.63. The Labute approximate surface area is 113 Å². The molecule has 2 aliphatic rings. The van der Waals surface area contributed by atoms with Crippen LogP contribution in [0, 0.1) is 11.8 Å². The van der Waals surface area contributed by atoms with E-state index in [0.29, 0.717) is 0 Å². The topological polar surface area (TPSA) is 28.2 Å². The van der Waals surface area contributed by atoms with Gasteiger partial charge in [0.15, 0.2) is 0 Å². The number of hydrogen-bond donors (Lipinski definition) is 1. The molecule has 2 unspecified atom stereocenters. The third-order valence-corrected chi connectivity index (χ3v) is 4.40. The van der Waals surface area contributed by atoms with Gasteiger partial charge in [-0.25, -0.2) is 4.98 Å². The molecule has 2 fully saturated rings. The van der Waals surface area contributed by atoms with Crippen LogP contribution in [0.1, 0.15) is 6.42 Å². The number of pyridine rings is 1. The molecule has 1 aromatic carbocycles. The first-order valence-corrected chi connectivity index (χ1v) is 7.20. The fourth-order valence-electron chi connectivity index (χ4n) is 3.52. The predicted octanol–water partition coefficient (Wildman–Crippen LogP) is 2.28. The first kappa shape index (κ1) is 11.2. The van der Waals surface area contributed by atoms with Crippen LogP contribution in [0.2, 0.25) is 0 Å². The Morgan fingerprint density at radius 2 is 1.79 bits per heavy atom. The van der Waals surface area contributed by atoms with Gasteiger partial charge in [0.05, 0.1) is 5.52 Å². The quantitative estimate of drug-likeness (QED) is 0.845. The third-order valence-electron chi connectivity index (χ3n) is 4.40. The van der Waals surface area contributed by atoms with Crippen LogP contribution in [0.25, 0.3) is 10.9 Å². The van der Waals surface area contributed by atoms with E-state index in [1.54, 1.807) is 0 Å². The summed E-state index contributed by atoms with van der Waals surface area (Å²) in [6.07, 6.45) is 1.39. The minimum absolute atomic E-state index is 0.792. The Morgan fingerprint density at radius 3 is 2.63 bits per heavy atom. The van der Waals surface area contributed by atoms with Crippen LogP contribution in [0.15, 0.2) is 36.4 Å². The molecular weight excluding hydrogens is 234 g/mol. The molecule has 98 valence electrons. The lowest BCUT2D eigenvalue weighted by Gasteiger charge is -2.42. The van der Waals surface area contributed by atoms with Crippen molar-refractivity contribution in [3.05, 3.63) is 36.4 Å². The molecule has 1 aromatic heterocycles. The highest BCUT2D eigenvalue weighted by Gasteiger charge is 2.30. The van der Waals surface area contributed by atoms with Crippen molar-refractivity contribution >= 4 is 16.7 Å². The number of rotatable bonds is 1. The summed E-state index contributed by atoms with van der Waals surface area (Å²) in [5.74, 6) is 2.73. The van der Waals surface area contributed by atoms with E-state index in [1.165, 1.54) is 24.9 Å². The molecule has 3 heterocycles. The van der Waals surface area contributed by atoms with Gasteiger partial charge in [0.1, 0.15) is 5.82 Å². The molecule has 4 rings (SSSR count). The minimum Gasteiger partial charge on any atom is -0.356 e. The average molecular weight is 253 g/mol. The molecule has 2 aromatic rings. The average Bonchev–Trinajstić information content (AvgIpc) is 2.46. The van der Waals surface area contributed by atoms with Gasteiger partial charge in [-0.1, -0.05) is 18.2 Å². The standard InChI is InChI=1S/C16H19N3/c1-2-4-15-14(3-1)5-6-16(18-15)19-10-12-7-13(11-19)9-17-8-12/h1-6,12-13,17H,7-11H2. The maximum Gasteiger partial charge on any atom is 0.129 e. The van der Waals surface area contributed by atoms with Crippen LogP contribution < -0.4 is 10.2 Å². The molecule has 0 radical (unpaired) electrons. The second kappa shape index (κ2) is 4.49. The van der Waals surface area contributed by atoms with Gasteiger partial charge in [-0.2, -0.15) is 0 Å². The molecule has 0 spiro atoms. The molecule has 2 saturated heterocycles. The van der Waals surface area contributed by atoms with Gasteiger partial charge in [0.25, 0.3) is 0 Å². The number of anilines is 1. The molecule has 2 bridgehead atoms. The van der Waals surface area contributed by atoms with Crippen LogP contribution in [0.5, 0.6) is 0 Å². The van der Waals surface area contributed by atoms with Crippen LogP contribution >= 0.6 is 0 Å². The van der Waals surface area contributed by atoms with E-state index >= 15 is 0 Å². The van der Waals surface area contributed by atoms with Crippen molar-refractivity contribution in [2.45, 2.75) is 6.42 Å². The summed E-state index contributed by atoms with van der Waals surface area (Å²) in [5.41, 5.74) is 1.11. The van der Waals surface area contributed by atoms with Crippen molar-refractivity contribution in [2.75, 3.05) is 31.1 Å². The highest BCUT2D eigenvalue weighted by atomic mass is 15.2. The lowest BCUT2D eigenvalue weighted by atomic mass is 9.86. The number of nitrogens with zero attached hydrogens (tertiary/aromatic N) is 2. The zero-order valence-electron chi connectivity index (χ0n) is 11.0. The molecule has 19 heavy (non-hydrogen) atoms. The van der Waals surface area contributed by atoms with Gasteiger partial charge < -0.3 is 10.2 Å². The number of benzene rings is 1. The Morgan fingerprint density at radius 1 is 1.00 bits per heavy atom. The largest absolute Gasteiger partial charge is 0.356 e. The summed E-state index contributed by atoms with van der Waals surface area (Å²) in [7, 11) is 0. The molecule has 0 amide bonds. The van der Waals surface area contributed by atoms with Crippen molar-refractivity contribution in [1.29, 1.82) is 0 Å². The molecule has 3 heteroatoms. The van der Waals surface area contributed by atoms with Crippen LogP contribution in [0.3, 0.4) is 0 Å². The second-order valence-corrected chi connectivity index (χ2v) is 5.89. The second-order valence-electron chi connectivity index (χ2n) is 5.89. The van der Waals surface area contributed by atoms with Crippen LogP contribution in [-0.2, 0) is 0 Å². The Hall–Kier alpha value is -1.61. The van der Waals surface area contributed by atoms with Gasteiger partial charge in [-0.05, 0) is 49.5 Å². The zero-order chi connectivity index (χ0) is 12.7. The molecular formula is C16H19N3. The van der Waals surface area contributed by atoms with Crippen molar-refractivity contribution in [3.63, 3.8) is 0 Å². The Balaban J connectivity index is 1.66. The third kappa shape index (κ3) is 2.08. The number of hydrogen-bond acceptors (Lipinski definition) is 3. The predicted molar refractivity (Wildman–Crippen MR) is 78.4 cm³/mol. The maximum absolute atomic E-state index is 4.83. The fraction of sp³-hybridized carbons (Fsp3) is 0.438.